The van der Waals surface area contributed by atoms with Crippen molar-refractivity contribution < 1.29 is 14.0 Å². The normalized spacial score (nSPS) is 24.4. The maximum Gasteiger partial charge on any atom is 0.272 e. The van der Waals surface area contributed by atoms with Crippen molar-refractivity contribution >= 4 is 23.2 Å². The number of likely N-dealkylation sites (N-methyl/N-ethyl adjacent to an activating group) is 1. The second kappa shape index (κ2) is 9.40. The number of hydrazone groups is 1. The molecule has 1 aromatic carbocycles. The lowest BCUT2D eigenvalue weighted by Gasteiger charge is -2.48. The highest BCUT2D eigenvalue weighted by Gasteiger charge is 2.44. The third-order valence-electron chi connectivity index (χ3n) is 6.80. The van der Waals surface area contributed by atoms with E-state index in [4.69, 9.17) is 0 Å². The third-order valence-corrected chi connectivity index (χ3v) is 6.80. The molecule has 32 heavy (non-hydrogen) atoms. The molecular weight excluding hydrogens is 409 g/mol. The van der Waals surface area contributed by atoms with E-state index in [1.165, 1.54) is 56.7 Å². The lowest BCUT2D eigenvalue weighted by molar-refractivity contribution is -0.138. The Balaban J connectivity index is 1.45. The van der Waals surface area contributed by atoms with Gasteiger partial charge in [-0.3, -0.25) is 14.6 Å². The van der Waals surface area contributed by atoms with Gasteiger partial charge >= 0.3 is 0 Å². The van der Waals surface area contributed by atoms with Gasteiger partial charge in [0, 0.05) is 31.7 Å². The Morgan fingerprint density at radius 2 is 2.00 bits per heavy atom. The van der Waals surface area contributed by atoms with Crippen molar-refractivity contribution in [3.05, 3.63) is 41.9 Å². The van der Waals surface area contributed by atoms with Crippen LogP contribution in [0, 0.1) is 5.82 Å². The van der Waals surface area contributed by atoms with Crippen molar-refractivity contribution in [1.29, 1.82) is 0 Å². The fourth-order valence-corrected chi connectivity index (χ4v) is 4.63. The smallest absolute Gasteiger partial charge is 0.272 e. The second-order valence-electron chi connectivity index (χ2n) is 9.29. The van der Waals surface area contributed by atoms with Crippen molar-refractivity contribution in [3.8, 4) is 0 Å². The molecule has 1 saturated carbocycles. The minimum atomic E-state index is -0.453. The minimum Gasteiger partial charge on any atom is -0.332 e. The fourth-order valence-electron chi connectivity index (χ4n) is 4.63. The van der Waals surface area contributed by atoms with Gasteiger partial charge in [0.1, 0.15) is 17.2 Å². The largest absolute Gasteiger partial charge is 0.332 e. The summed E-state index contributed by atoms with van der Waals surface area (Å²) in [5.41, 5.74) is 0.724. The van der Waals surface area contributed by atoms with Crippen molar-refractivity contribution in [1.82, 2.24) is 15.2 Å². The zero-order valence-electron chi connectivity index (χ0n) is 18.9. The Morgan fingerprint density at radius 3 is 2.72 bits per heavy atom. The molecule has 3 aliphatic rings. The first-order chi connectivity index (χ1) is 15.4. The Kier molecular flexibility index (Phi) is 6.60. The van der Waals surface area contributed by atoms with E-state index in [0.29, 0.717) is 36.2 Å². The zero-order chi connectivity index (χ0) is 22.7. The summed E-state index contributed by atoms with van der Waals surface area (Å²) in [6.45, 7) is 3.23. The number of rotatable bonds is 5. The molecule has 1 saturated heterocycles. The highest BCUT2D eigenvalue weighted by atomic mass is 19.1. The highest BCUT2D eigenvalue weighted by molar-refractivity contribution is 6.43. The van der Waals surface area contributed by atoms with Crippen LogP contribution in [0.15, 0.2) is 41.1 Å². The quantitative estimate of drug-likeness (QED) is 0.688. The van der Waals surface area contributed by atoms with Crippen molar-refractivity contribution in [2.24, 2.45) is 5.10 Å². The van der Waals surface area contributed by atoms with E-state index >= 15 is 0 Å². The van der Waals surface area contributed by atoms with Crippen LogP contribution in [0.2, 0.25) is 0 Å². The van der Waals surface area contributed by atoms with Gasteiger partial charge in [0.05, 0.1) is 12.1 Å². The first-order valence-corrected chi connectivity index (χ1v) is 11.5. The molecule has 2 aliphatic heterocycles. The molecule has 0 radical (unpaired) electrons. The summed E-state index contributed by atoms with van der Waals surface area (Å²) < 4.78 is 13.4. The molecule has 0 spiro atoms. The van der Waals surface area contributed by atoms with Gasteiger partial charge in [-0.25, -0.2) is 4.39 Å². The molecule has 4 rings (SSSR count). The van der Waals surface area contributed by atoms with Crippen LogP contribution in [0.5, 0.6) is 0 Å². The van der Waals surface area contributed by atoms with Gasteiger partial charge in [0.15, 0.2) is 0 Å². The molecule has 2 heterocycles. The maximum absolute atomic E-state index is 13.4. The summed E-state index contributed by atoms with van der Waals surface area (Å²) in [7, 11) is 1.84. The maximum atomic E-state index is 13.4. The first kappa shape index (κ1) is 22.5. The topological polar surface area (TPSA) is 77.0 Å². The molecule has 1 aromatic rings. The lowest BCUT2D eigenvalue weighted by Crippen LogP contribution is -2.64. The zero-order valence-corrected chi connectivity index (χ0v) is 18.9. The summed E-state index contributed by atoms with van der Waals surface area (Å²) in [6.07, 6.45) is 9.44. The van der Waals surface area contributed by atoms with Crippen LogP contribution in [0.3, 0.4) is 0 Å². The van der Waals surface area contributed by atoms with E-state index in [2.05, 4.69) is 22.7 Å². The number of halogens is 1. The van der Waals surface area contributed by atoms with Gasteiger partial charge in [-0.05, 0) is 44.0 Å². The van der Waals surface area contributed by atoms with Gasteiger partial charge in [-0.15, -0.1) is 0 Å². The van der Waals surface area contributed by atoms with Crippen LogP contribution in [-0.4, -0.2) is 59.2 Å². The van der Waals surface area contributed by atoms with Crippen molar-refractivity contribution in [2.75, 3.05) is 25.5 Å². The standard InChI is InChI=1S/C24H32FN5O2/c1-24(15-26-18-9-5-3-4-6-10-18)16-30-21(23(32)29(24)2)13-12-20(28-30)22(31)27-19-11-7-8-17(25)14-19/h7-8,11,13-14,18,26H,3-6,9-10,12,15-16H2,1-2H3,(H,27,31). The number of hydrogen-bond acceptors (Lipinski definition) is 5. The van der Waals surface area contributed by atoms with E-state index in [9.17, 15) is 14.0 Å². The average molecular weight is 442 g/mol. The fraction of sp³-hybridized carbons (Fsp3) is 0.542. The number of benzene rings is 1. The predicted octanol–water partition coefficient (Wildman–Crippen LogP) is 3.25. The molecular formula is C24H32FN5O2. The van der Waals surface area contributed by atoms with Gasteiger partial charge < -0.3 is 15.5 Å². The van der Waals surface area contributed by atoms with Gasteiger partial charge in [-0.2, -0.15) is 5.10 Å². The number of carbonyl (C=O) groups is 2. The Hall–Kier alpha value is -2.74. The molecule has 1 atom stereocenters. The number of amides is 2. The number of nitrogens with one attached hydrogen (secondary N) is 2. The van der Waals surface area contributed by atoms with Crippen LogP contribution >= 0.6 is 0 Å². The molecule has 2 N–H and O–H groups in total. The average Bonchev–Trinajstić information content (AvgIpc) is 3.05. The summed E-state index contributed by atoms with van der Waals surface area (Å²) >= 11 is 0. The molecule has 7 nitrogen and oxygen atoms in total. The van der Waals surface area contributed by atoms with Gasteiger partial charge in [0.2, 0.25) is 0 Å². The molecule has 1 unspecified atom stereocenters. The van der Waals surface area contributed by atoms with E-state index < -0.39 is 17.3 Å². The molecule has 8 heteroatoms. The molecule has 0 bridgehead atoms. The first-order valence-electron chi connectivity index (χ1n) is 11.5. The van der Waals surface area contributed by atoms with Crippen LogP contribution in [0.4, 0.5) is 10.1 Å². The van der Waals surface area contributed by atoms with Crippen molar-refractivity contribution in [3.63, 3.8) is 0 Å². The monoisotopic (exact) mass is 441 g/mol. The molecule has 0 aromatic heterocycles. The predicted molar refractivity (Wildman–Crippen MR) is 123 cm³/mol. The number of allylic oxidation sites excluding steroid dienone is 1. The van der Waals surface area contributed by atoms with E-state index in [1.54, 1.807) is 22.1 Å². The number of anilines is 1. The van der Waals surface area contributed by atoms with Crippen LogP contribution in [-0.2, 0) is 9.59 Å². The molecule has 2 amide bonds. The van der Waals surface area contributed by atoms with Gasteiger partial charge in [0.25, 0.3) is 11.8 Å². The number of fused-ring (bicyclic) bond motifs is 1. The van der Waals surface area contributed by atoms with E-state index in [-0.39, 0.29) is 12.3 Å². The second-order valence-corrected chi connectivity index (χ2v) is 9.29. The summed E-state index contributed by atoms with van der Waals surface area (Å²) in [4.78, 5) is 27.6. The Labute approximate surface area is 188 Å². The SMILES string of the molecule is CN1C(=O)C2=CCC(C(=O)Nc3cccc(F)c3)=NN2CC1(C)CNC1CCCCCC1. The highest BCUT2D eigenvalue weighted by Crippen LogP contribution is 2.30. The number of nitrogens with zero attached hydrogens (tertiary/aromatic N) is 3. The third kappa shape index (κ3) is 4.85. The van der Waals surface area contributed by atoms with Crippen LogP contribution in [0.25, 0.3) is 0 Å². The molecule has 1 aliphatic carbocycles. The summed E-state index contributed by atoms with van der Waals surface area (Å²) in [5, 5.41) is 12.5. The Morgan fingerprint density at radius 1 is 1.25 bits per heavy atom. The molecule has 2 fully saturated rings. The van der Waals surface area contributed by atoms with E-state index in [1.807, 2.05) is 7.05 Å². The number of carbonyl (C=O) groups excluding carboxylic acids is 2. The number of piperazine rings is 1. The summed E-state index contributed by atoms with van der Waals surface area (Å²) in [5.74, 6) is -0.900. The van der Waals surface area contributed by atoms with Crippen LogP contribution in [0.1, 0.15) is 51.9 Å². The molecule has 172 valence electrons. The van der Waals surface area contributed by atoms with E-state index in [0.717, 1.165) is 0 Å². The van der Waals surface area contributed by atoms with Crippen molar-refractivity contribution in [2.45, 2.75) is 63.5 Å². The Bertz CT molecular complexity index is 938. The summed E-state index contributed by atoms with van der Waals surface area (Å²) in [6, 6.07) is 6.23. The number of hydrogen-bond donors (Lipinski definition) is 2. The van der Waals surface area contributed by atoms with Crippen LogP contribution < -0.4 is 10.6 Å². The minimum absolute atomic E-state index is 0.0882. The van der Waals surface area contributed by atoms with Gasteiger partial charge in [-0.1, -0.05) is 31.7 Å². The lowest BCUT2D eigenvalue weighted by atomic mass is 9.94.